The maximum absolute atomic E-state index is 14.4. The molecular weight excluding hydrogens is 1600 g/mol. The van der Waals surface area contributed by atoms with Crippen molar-refractivity contribution in [2.75, 3.05) is 71.2 Å². The number of aromatic nitrogens is 6. The first-order valence-corrected chi connectivity index (χ1v) is 47.8. The van der Waals surface area contributed by atoms with Gasteiger partial charge in [0.25, 0.3) is 29.5 Å². The lowest BCUT2D eigenvalue weighted by atomic mass is 9.90. The second-order valence-corrected chi connectivity index (χ2v) is 40.2. The Hall–Kier alpha value is -11.2. The highest BCUT2D eigenvalue weighted by Gasteiger charge is 2.48. The van der Waals surface area contributed by atoms with Gasteiger partial charge in [-0.25, -0.2) is 4.79 Å². The molecule has 25 nitrogen and oxygen atoms in total. The van der Waals surface area contributed by atoms with Crippen molar-refractivity contribution in [3.63, 3.8) is 0 Å². The zero-order valence-corrected chi connectivity index (χ0v) is 72.0. The molecule has 0 saturated carbocycles. The van der Waals surface area contributed by atoms with E-state index in [1.165, 1.54) is 0 Å². The quantitative estimate of drug-likeness (QED) is 0.0157. The van der Waals surface area contributed by atoms with Crippen LogP contribution in [0.2, 0.25) is 0 Å². The Labute approximate surface area is 700 Å². The Balaban J connectivity index is 0.000000160. The zero-order valence-electron chi connectivity index (χ0n) is 68.5. The van der Waals surface area contributed by atoms with E-state index in [4.69, 9.17) is 46.5 Å². The molecule has 0 bridgehead atoms. The SMILES string of the molecule is C=CCOc1nc(OCC(C)CC)nc(OCC(C)P2(=O)Oc3ccccc3-c3ccccc32)n1.C=CCOc1nc(OCCCP2(=O)Oc3ccccc3-c3ccccc32)nc(OCC(C)CC)n1.CCC(C)CC1C(=O)N(CCCP2(=O)Oc3ccccc3-c3ccccc32)C(=O)N(CCCP2(=O)Oc3ccccc3-c3ccccc32)C1=O. The van der Waals surface area contributed by atoms with Crippen molar-refractivity contribution in [1.82, 2.24) is 39.7 Å². The summed E-state index contributed by atoms with van der Waals surface area (Å²) in [6, 6.07) is 60.3. The fourth-order valence-corrected chi connectivity index (χ4v) is 23.6. The molecule has 5 aliphatic rings. The number of urea groups is 1. The number of nitrogens with zero attached hydrogens (tertiary/aromatic N) is 8. The summed E-state index contributed by atoms with van der Waals surface area (Å²) in [5.74, 6) is 1.02. The van der Waals surface area contributed by atoms with Gasteiger partial charge in [-0.1, -0.05) is 232 Å². The number of hydrogen-bond donors (Lipinski definition) is 0. The van der Waals surface area contributed by atoms with Crippen molar-refractivity contribution < 1.29 is 79.2 Å². The number of hydrogen-bond acceptors (Lipinski definition) is 23. The minimum atomic E-state index is -3.38. The van der Waals surface area contributed by atoms with E-state index in [1.54, 1.807) is 24.3 Å². The molecule has 8 aromatic carbocycles. The molecule has 29 heteroatoms. The minimum absolute atomic E-state index is 0.0125. The molecule has 15 rings (SSSR count). The van der Waals surface area contributed by atoms with Crippen LogP contribution in [0.5, 0.6) is 59.1 Å². The summed E-state index contributed by atoms with van der Waals surface area (Å²) >= 11 is 0. The zero-order chi connectivity index (χ0) is 84.6. The van der Waals surface area contributed by atoms with Crippen LogP contribution in [0, 0.1) is 23.7 Å². The highest BCUT2D eigenvalue weighted by Crippen LogP contribution is 2.60. The fourth-order valence-electron chi connectivity index (χ4n) is 14.3. The van der Waals surface area contributed by atoms with Crippen molar-refractivity contribution in [1.29, 1.82) is 0 Å². The Morgan fingerprint density at radius 2 is 0.675 bits per heavy atom. The summed E-state index contributed by atoms with van der Waals surface area (Å²) in [4.78, 5) is 69.0. The van der Waals surface area contributed by atoms with Gasteiger partial charge < -0.3 is 46.5 Å². The number of benzene rings is 8. The van der Waals surface area contributed by atoms with E-state index in [9.17, 15) is 32.6 Å². The second kappa shape index (κ2) is 39.3. The van der Waals surface area contributed by atoms with Crippen LogP contribution in [0.15, 0.2) is 219 Å². The van der Waals surface area contributed by atoms with Crippen LogP contribution in [0.1, 0.15) is 93.4 Å². The molecule has 0 radical (unpaired) electrons. The van der Waals surface area contributed by atoms with Gasteiger partial charge in [0.2, 0.25) is 11.8 Å². The van der Waals surface area contributed by atoms with Gasteiger partial charge in [-0.2, -0.15) is 0 Å². The number of carbonyl (C=O) groups is 3. The van der Waals surface area contributed by atoms with E-state index < -0.39 is 58.9 Å². The molecule has 626 valence electrons. The fraction of sp³-hybridized carbons (Fsp3) is 0.330. The van der Waals surface area contributed by atoms with Gasteiger partial charge in [-0.3, -0.25) is 37.6 Å². The number of amides is 4. The first-order valence-electron chi connectivity index (χ1n) is 40.7. The number of imide groups is 2. The average molecular weight is 1700 g/mol. The molecule has 7 heterocycles. The molecule has 0 N–H and O–H groups in total. The maximum Gasteiger partial charge on any atom is 0.333 e. The maximum atomic E-state index is 14.4. The van der Waals surface area contributed by atoms with Crippen LogP contribution >= 0.6 is 29.5 Å². The highest BCUT2D eigenvalue weighted by atomic mass is 31.2. The average Bonchev–Trinajstić information content (AvgIpc) is 0.764. The van der Waals surface area contributed by atoms with Crippen LogP contribution in [0.4, 0.5) is 4.79 Å². The smallest absolute Gasteiger partial charge is 0.333 e. The third-order valence-electron chi connectivity index (χ3n) is 21.4. The van der Waals surface area contributed by atoms with Gasteiger partial charge in [0.05, 0.1) is 46.7 Å². The van der Waals surface area contributed by atoms with Crippen molar-refractivity contribution in [2.45, 2.75) is 99.1 Å². The third kappa shape index (κ3) is 19.8. The lowest BCUT2D eigenvalue weighted by Gasteiger charge is -2.38. The first kappa shape index (κ1) is 86.6. The van der Waals surface area contributed by atoms with Crippen LogP contribution < -0.4 is 67.7 Å². The molecule has 8 atom stereocenters. The molecule has 5 aliphatic heterocycles. The number of barbiturate groups is 1. The summed E-state index contributed by atoms with van der Waals surface area (Å²) in [6.45, 7) is 23.1. The van der Waals surface area contributed by atoms with E-state index >= 15 is 0 Å². The summed E-state index contributed by atoms with van der Waals surface area (Å²) in [7, 11) is -13.2. The monoisotopic (exact) mass is 1700 g/mol. The largest absolute Gasteiger partial charge is 0.463 e. The summed E-state index contributed by atoms with van der Waals surface area (Å²) < 4.78 is 115. The Kier molecular flexibility index (Phi) is 28.4. The Bertz CT molecular complexity index is 5440. The van der Waals surface area contributed by atoms with E-state index in [-0.39, 0.29) is 107 Å². The van der Waals surface area contributed by atoms with Crippen LogP contribution in [0.25, 0.3) is 44.5 Å². The molecule has 1 saturated heterocycles. The molecule has 0 spiro atoms. The number of carbonyl (C=O) groups excluding carboxylic acids is 3. The van der Waals surface area contributed by atoms with E-state index in [0.717, 1.165) is 78.9 Å². The molecule has 2 aromatic heterocycles. The molecule has 4 amide bonds. The van der Waals surface area contributed by atoms with E-state index in [0.29, 0.717) is 83.0 Å². The molecular formula is C91H100N8O17P4. The van der Waals surface area contributed by atoms with Gasteiger partial charge in [0.1, 0.15) is 48.7 Å². The number of fused-ring (bicyclic) bond motifs is 12. The van der Waals surface area contributed by atoms with Crippen molar-refractivity contribution >= 4 is 68.5 Å². The van der Waals surface area contributed by atoms with E-state index in [1.807, 2.05) is 203 Å². The predicted molar refractivity (Wildman–Crippen MR) is 465 cm³/mol. The summed E-state index contributed by atoms with van der Waals surface area (Å²) in [5, 5.41) is 2.65. The number of para-hydroxylation sites is 4. The first-order chi connectivity index (χ1) is 58.1. The molecule has 8 unspecified atom stereocenters. The van der Waals surface area contributed by atoms with Crippen LogP contribution in [-0.4, -0.2) is 134 Å². The molecule has 120 heavy (non-hydrogen) atoms. The van der Waals surface area contributed by atoms with Crippen LogP contribution in [-0.2, 0) is 27.8 Å². The molecule has 10 aromatic rings. The molecule has 1 fully saturated rings. The summed E-state index contributed by atoms with van der Waals surface area (Å²) in [6.07, 6.45) is 7.68. The van der Waals surface area contributed by atoms with E-state index in [2.05, 4.69) is 70.8 Å². The minimum Gasteiger partial charge on any atom is -0.463 e. The van der Waals surface area contributed by atoms with Gasteiger partial charge in [0.15, 0.2) is 0 Å². The number of rotatable bonds is 34. The Morgan fingerprint density at radius 1 is 0.375 bits per heavy atom. The van der Waals surface area contributed by atoms with Crippen molar-refractivity contribution in [3.05, 3.63) is 219 Å². The highest BCUT2D eigenvalue weighted by molar-refractivity contribution is 7.69. The van der Waals surface area contributed by atoms with Gasteiger partial charge in [-0.05, 0) is 121 Å². The van der Waals surface area contributed by atoms with Crippen molar-refractivity contribution in [2.24, 2.45) is 23.7 Å². The third-order valence-corrected chi connectivity index (χ3v) is 31.8. The second-order valence-electron chi connectivity index (χ2n) is 30.1. The van der Waals surface area contributed by atoms with Crippen LogP contribution in [0.3, 0.4) is 0 Å². The Morgan fingerprint density at radius 3 is 1.04 bits per heavy atom. The lowest BCUT2D eigenvalue weighted by Crippen LogP contribution is -2.60. The summed E-state index contributed by atoms with van der Waals surface area (Å²) in [5.41, 5.74) is 6.68. The standard InChI is InChI=1S/C39H40N2O7P2.2C26H30N3O5P/c1-3-27(2)26-32-37(42)40(22-12-24-49(45)35-20-10-6-16-30(35)28-14-4-8-18-33(28)47-49)39(44)41(38(32)43)23-13-25-50(46)36-21-11-7-17-31(36)29-15-5-9-19-34(29)48-50;1-5-15-31-24-27-25(32-16-18(3)6-2)29-26(28-24)33-17-19(4)35(30)23-14-10-8-12-21(23)20-11-7-9-13-22(20)34-35;1-4-15-31-24-27-25(29-26(28-24)33-18-19(3)5-2)32-16-10-17-35(30)23-14-9-7-12-21(23)20-11-6-8-13-22(20)34-35/h4-11,14-21,27,32H,3,12-13,22-26H2,1-2H3;5,7-14,18-19H,1,6,15-17H2,2-4H3;4,6-9,11-14,19H,1,5,10,15-18H2,2-3H3. The van der Waals surface area contributed by atoms with Gasteiger partial charge in [-0.15, -0.1) is 29.9 Å². The predicted octanol–water partition coefficient (Wildman–Crippen LogP) is 18.5. The lowest BCUT2D eigenvalue weighted by molar-refractivity contribution is -0.150. The van der Waals surface area contributed by atoms with Gasteiger partial charge in [0, 0.05) is 53.8 Å². The topological polar surface area (TPSA) is 296 Å². The number of ether oxygens (including phenoxy) is 6. The normalized spacial score (nSPS) is 19.6. The van der Waals surface area contributed by atoms with Gasteiger partial charge >= 0.3 is 42.1 Å². The molecule has 0 aliphatic carbocycles. The van der Waals surface area contributed by atoms with Crippen molar-refractivity contribution in [3.8, 4) is 104 Å².